The minimum atomic E-state index is -0.135. The number of unbranched alkanes of at least 4 members (excludes halogenated alkanes) is 1. The lowest BCUT2D eigenvalue weighted by Crippen LogP contribution is -2.28. The average molecular weight is 278 g/mol. The number of rotatable bonds is 5. The number of hydrazine groups is 1. The molecular formula is C15H26N4O. The normalized spacial score (nSPS) is 11.3. The minimum Gasteiger partial charge on any atom is -0.342 e. The van der Waals surface area contributed by atoms with Crippen LogP contribution in [0.1, 0.15) is 56.6 Å². The molecule has 1 rings (SSSR count). The van der Waals surface area contributed by atoms with Crippen LogP contribution in [-0.2, 0) is 5.41 Å². The van der Waals surface area contributed by atoms with E-state index < -0.39 is 0 Å². The second-order valence-corrected chi connectivity index (χ2v) is 6.10. The quantitative estimate of drug-likeness (QED) is 0.641. The van der Waals surface area contributed by atoms with E-state index >= 15 is 0 Å². The molecule has 5 nitrogen and oxygen atoms in total. The minimum absolute atomic E-state index is 0.00264. The zero-order chi connectivity index (χ0) is 15.3. The van der Waals surface area contributed by atoms with Gasteiger partial charge in [0.15, 0.2) is 0 Å². The Bertz CT molecular complexity index is 465. The number of amides is 1. The van der Waals surface area contributed by atoms with Gasteiger partial charge in [-0.15, -0.1) is 0 Å². The van der Waals surface area contributed by atoms with Crippen molar-refractivity contribution in [3.05, 3.63) is 23.4 Å². The lowest BCUT2D eigenvalue weighted by Gasteiger charge is -2.21. The Morgan fingerprint density at radius 2 is 2.05 bits per heavy atom. The van der Waals surface area contributed by atoms with Gasteiger partial charge in [-0.05, 0) is 18.6 Å². The summed E-state index contributed by atoms with van der Waals surface area (Å²) in [6.07, 6.45) is 2.07. The van der Waals surface area contributed by atoms with Gasteiger partial charge in [0.1, 0.15) is 5.82 Å². The standard InChI is InChI=1S/C15H26N4O/c1-6-7-8-19(5)14(20)11-9-12(15(2,3)4)17-13(10-11)18-16/h9-10H,6-8,16H2,1-5H3,(H,17,18). The van der Waals surface area contributed by atoms with Gasteiger partial charge < -0.3 is 10.3 Å². The van der Waals surface area contributed by atoms with Crippen LogP contribution >= 0.6 is 0 Å². The molecule has 0 atom stereocenters. The maximum Gasteiger partial charge on any atom is 0.253 e. The number of carbonyl (C=O) groups is 1. The first-order valence-corrected chi connectivity index (χ1v) is 7.04. The molecule has 0 fully saturated rings. The number of hydrogen-bond donors (Lipinski definition) is 2. The highest BCUT2D eigenvalue weighted by molar-refractivity contribution is 5.94. The van der Waals surface area contributed by atoms with Crippen LogP contribution < -0.4 is 11.3 Å². The van der Waals surface area contributed by atoms with Crippen LogP contribution in [0.2, 0.25) is 0 Å². The van der Waals surface area contributed by atoms with Gasteiger partial charge in [-0.25, -0.2) is 10.8 Å². The molecule has 0 saturated carbocycles. The van der Waals surface area contributed by atoms with Crippen molar-refractivity contribution in [2.75, 3.05) is 19.0 Å². The fraction of sp³-hybridized carbons (Fsp3) is 0.600. The van der Waals surface area contributed by atoms with Crippen molar-refractivity contribution in [2.45, 2.75) is 46.0 Å². The van der Waals surface area contributed by atoms with Gasteiger partial charge in [0, 0.05) is 30.3 Å². The number of hydrogen-bond acceptors (Lipinski definition) is 4. The maximum atomic E-state index is 12.4. The Morgan fingerprint density at radius 1 is 1.40 bits per heavy atom. The Labute approximate surface area is 121 Å². The van der Waals surface area contributed by atoms with Gasteiger partial charge in [-0.2, -0.15) is 0 Å². The van der Waals surface area contributed by atoms with Crippen LogP contribution in [0.25, 0.3) is 0 Å². The molecule has 112 valence electrons. The van der Waals surface area contributed by atoms with E-state index in [9.17, 15) is 4.79 Å². The summed E-state index contributed by atoms with van der Waals surface area (Å²) >= 11 is 0. The molecule has 0 aliphatic carbocycles. The lowest BCUT2D eigenvalue weighted by molar-refractivity contribution is 0.0793. The molecule has 1 amide bonds. The first kappa shape index (κ1) is 16.4. The molecule has 1 heterocycles. The van der Waals surface area contributed by atoms with Crippen molar-refractivity contribution in [1.29, 1.82) is 0 Å². The van der Waals surface area contributed by atoms with E-state index in [1.165, 1.54) is 0 Å². The fourth-order valence-electron chi connectivity index (χ4n) is 1.83. The second kappa shape index (κ2) is 6.70. The molecule has 0 aromatic carbocycles. The summed E-state index contributed by atoms with van der Waals surface area (Å²) in [5.41, 5.74) is 3.87. The van der Waals surface area contributed by atoms with Crippen LogP contribution in [0.15, 0.2) is 12.1 Å². The van der Waals surface area contributed by atoms with Crippen molar-refractivity contribution in [3.8, 4) is 0 Å². The third-order valence-corrected chi connectivity index (χ3v) is 3.18. The molecule has 0 radical (unpaired) electrons. The first-order chi connectivity index (χ1) is 9.29. The topological polar surface area (TPSA) is 71.2 Å². The van der Waals surface area contributed by atoms with Gasteiger partial charge in [0.05, 0.1) is 0 Å². The Balaban J connectivity index is 3.08. The molecule has 3 N–H and O–H groups in total. The van der Waals surface area contributed by atoms with Gasteiger partial charge in [0.2, 0.25) is 0 Å². The largest absolute Gasteiger partial charge is 0.342 e. The zero-order valence-electron chi connectivity index (χ0n) is 13.2. The lowest BCUT2D eigenvalue weighted by atomic mass is 9.90. The first-order valence-electron chi connectivity index (χ1n) is 7.04. The molecule has 0 aliphatic heterocycles. The second-order valence-electron chi connectivity index (χ2n) is 6.10. The molecule has 5 heteroatoms. The molecule has 0 spiro atoms. The SMILES string of the molecule is CCCCN(C)C(=O)c1cc(NN)nc(C(C)(C)C)c1. The fourth-order valence-corrected chi connectivity index (χ4v) is 1.83. The third kappa shape index (κ3) is 4.20. The predicted octanol–water partition coefficient (Wildman–Crippen LogP) is 2.54. The summed E-state index contributed by atoms with van der Waals surface area (Å²) in [4.78, 5) is 18.6. The summed E-state index contributed by atoms with van der Waals surface area (Å²) < 4.78 is 0. The summed E-state index contributed by atoms with van der Waals surface area (Å²) in [5, 5.41) is 0. The van der Waals surface area contributed by atoms with Gasteiger partial charge >= 0.3 is 0 Å². The molecule has 0 unspecified atom stereocenters. The van der Waals surface area contributed by atoms with E-state index in [1.54, 1.807) is 11.0 Å². The molecule has 1 aromatic rings. The Morgan fingerprint density at radius 3 is 2.55 bits per heavy atom. The molecule has 1 aromatic heterocycles. The molecule has 20 heavy (non-hydrogen) atoms. The number of nitrogens with two attached hydrogens (primary N) is 1. The van der Waals surface area contributed by atoms with Crippen molar-refractivity contribution >= 4 is 11.7 Å². The van der Waals surface area contributed by atoms with E-state index in [0.29, 0.717) is 11.4 Å². The van der Waals surface area contributed by atoms with E-state index in [4.69, 9.17) is 5.84 Å². The zero-order valence-corrected chi connectivity index (χ0v) is 13.2. The van der Waals surface area contributed by atoms with Crippen LogP contribution in [-0.4, -0.2) is 29.4 Å². The summed E-state index contributed by atoms with van der Waals surface area (Å²) in [5.74, 6) is 5.97. The Kier molecular flexibility index (Phi) is 5.51. The molecule has 0 bridgehead atoms. The monoisotopic (exact) mass is 278 g/mol. The van der Waals surface area contributed by atoms with E-state index in [2.05, 4.69) is 38.1 Å². The van der Waals surface area contributed by atoms with Gasteiger partial charge in [0.25, 0.3) is 5.91 Å². The van der Waals surface area contributed by atoms with Crippen LogP contribution in [0.4, 0.5) is 5.82 Å². The molecule has 0 aliphatic rings. The highest BCUT2D eigenvalue weighted by Gasteiger charge is 2.20. The van der Waals surface area contributed by atoms with E-state index in [1.807, 2.05) is 13.1 Å². The summed E-state index contributed by atoms with van der Waals surface area (Å²) in [6, 6.07) is 3.55. The van der Waals surface area contributed by atoms with Crippen molar-refractivity contribution in [1.82, 2.24) is 9.88 Å². The number of anilines is 1. The number of carbonyl (C=O) groups excluding carboxylic acids is 1. The van der Waals surface area contributed by atoms with E-state index in [-0.39, 0.29) is 11.3 Å². The number of aromatic nitrogens is 1. The smallest absolute Gasteiger partial charge is 0.253 e. The number of nitrogen functional groups attached to an aromatic ring is 1. The molecule has 0 saturated heterocycles. The number of nitrogens with one attached hydrogen (secondary N) is 1. The highest BCUT2D eigenvalue weighted by atomic mass is 16.2. The highest BCUT2D eigenvalue weighted by Crippen LogP contribution is 2.23. The van der Waals surface area contributed by atoms with Crippen molar-refractivity contribution in [3.63, 3.8) is 0 Å². The summed E-state index contributed by atoms with van der Waals surface area (Å²) in [7, 11) is 1.82. The van der Waals surface area contributed by atoms with Gasteiger partial charge in [-0.1, -0.05) is 34.1 Å². The predicted molar refractivity (Wildman–Crippen MR) is 82.6 cm³/mol. The average Bonchev–Trinajstić information content (AvgIpc) is 2.42. The van der Waals surface area contributed by atoms with Crippen LogP contribution in [0.3, 0.4) is 0 Å². The van der Waals surface area contributed by atoms with Crippen LogP contribution in [0.5, 0.6) is 0 Å². The van der Waals surface area contributed by atoms with E-state index in [0.717, 1.165) is 25.1 Å². The molecular weight excluding hydrogens is 252 g/mol. The van der Waals surface area contributed by atoms with Gasteiger partial charge in [-0.3, -0.25) is 4.79 Å². The van der Waals surface area contributed by atoms with Crippen LogP contribution in [0, 0.1) is 0 Å². The Hall–Kier alpha value is -1.62. The third-order valence-electron chi connectivity index (χ3n) is 3.18. The summed E-state index contributed by atoms with van der Waals surface area (Å²) in [6.45, 7) is 9.05. The maximum absolute atomic E-state index is 12.4. The van der Waals surface area contributed by atoms with Crippen molar-refractivity contribution in [2.24, 2.45) is 5.84 Å². The number of nitrogens with zero attached hydrogens (tertiary/aromatic N) is 2. The number of pyridine rings is 1. The van der Waals surface area contributed by atoms with Crippen molar-refractivity contribution < 1.29 is 4.79 Å².